The van der Waals surface area contributed by atoms with E-state index in [-0.39, 0.29) is 5.82 Å². The maximum Gasteiger partial charge on any atom is 0.131 e. The molecule has 0 atom stereocenters. The second-order valence-corrected chi connectivity index (χ2v) is 4.58. The van der Waals surface area contributed by atoms with E-state index in [1.165, 1.54) is 0 Å². The third-order valence-electron chi connectivity index (χ3n) is 3.36. The minimum Gasteiger partial charge on any atom is -0.256 e. The summed E-state index contributed by atoms with van der Waals surface area (Å²) in [7, 11) is 0. The van der Waals surface area contributed by atoms with E-state index in [1.807, 2.05) is 49.4 Å². The summed E-state index contributed by atoms with van der Waals surface area (Å²) in [5, 5.41) is 1.07. The minimum absolute atomic E-state index is 0.172. The zero-order valence-corrected chi connectivity index (χ0v) is 10.7. The summed E-state index contributed by atoms with van der Waals surface area (Å²) in [6.07, 6.45) is 2.60. The van der Waals surface area contributed by atoms with Gasteiger partial charge in [-0.25, -0.2) is 4.39 Å². The number of halogens is 1. The molecule has 0 fully saturated rings. The number of aryl methyl sites for hydroxylation is 1. The van der Waals surface area contributed by atoms with Crippen LogP contribution in [-0.2, 0) is 6.42 Å². The smallest absolute Gasteiger partial charge is 0.131 e. The summed E-state index contributed by atoms with van der Waals surface area (Å²) in [6.45, 7) is 2.02. The van der Waals surface area contributed by atoms with Crippen LogP contribution in [0.4, 0.5) is 4.39 Å². The van der Waals surface area contributed by atoms with Gasteiger partial charge in [-0.1, -0.05) is 37.3 Å². The fraction of sp³-hybridized carbons (Fsp3) is 0.118. The Hall–Kier alpha value is -2.22. The van der Waals surface area contributed by atoms with Crippen molar-refractivity contribution in [1.29, 1.82) is 0 Å². The molecule has 94 valence electrons. The predicted octanol–water partition coefficient (Wildman–Crippen LogP) is 4.60. The number of hydrogen-bond donors (Lipinski definition) is 0. The van der Waals surface area contributed by atoms with Crippen molar-refractivity contribution >= 4 is 10.9 Å². The molecule has 0 unspecified atom stereocenters. The van der Waals surface area contributed by atoms with E-state index in [0.717, 1.165) is 28.5 Å². The summed E-state index contributed by atoms with van der Waals surface area (Å²) in [5.74, 6) is -0.172. The maximum atomic E-state index is 14.1. The van der Waals surface area contributed by atoms with Crippen LogP contribution in [0, 0.1) is 5.82 Å². The minimum atomic E-state index is -0.172. The summed E-state index contributed by atoms with van der Waals surface area (Å²) < 4.78 is 14.1. The molecule has 3 aromatic rings. The Morgan fingerprint density at radius 1 is 1.05 bits per heavy atom. The van der Waals surface area contributed by atoms with Gasteiger partial charge in [0, 0.05) is 17.1 Å². The van der Waals surface area contributed by atoms with Crippen LogP contribution >= 0.6 is 0 Å². The maximum absolute atomic E-state index is 14.1. The number of pyridine rings is 1. The summed E-state index contributed by atoms with van der Waals surface area (Å²) in [4.78, 5) is 4.31. The zero-order chi connectivity index (χ0) is 13.2. The lowest BCUT2D eigenvalue weighted by atomic mass is 10.0. The normalized spacial score (nSPS) is 10.8. The third-order valence-corrected chi connectivity index (χ3v) is 3.36. The van der Waals surface area contributed by atoms with Gasteiger partial charge in [0.25, 0.3) is 0 Å². The van der Waals surface area contributed by atoms with Crippen molar-refractivity contribution in [1.82, 2.24) is 4.98 Å². The van der Waals surface area contributed by atoms with Crippen LogP contribution in [0.2, 0.25) is 0 Å². The Bertz CT molecular complexity index is 734. The number of fused-ring (bicyclic) bond motifs is 1. The van der Waals surface area contributed by atoms with Crippen LogP contribution in [-0.4, -0.2) is 4.98 Å². The molecule has 0 aliphatic rings. The topological polar surface area (TPSA) is 12.9 Å². The molecule has 0 saturated heterocycles. The number of rotatable bonds is 2. The Kier molecular flexibility index (Phi) is 3.00. The molecule has 0 radical (unpaired) electrons. The molecule has 0 bridgehead atoms. The highest BCUT2D eigenvalue weighted by Crippen LogP contribution is 2.26. The van der Waals surface area contributed by atoms with Crippen molar-refractivity contribution in [2.45, 2.75) is 13.3 Å². The average Bonchev–Trinajstić information content (AvgIpc) is 2.46. The lowest BCUT2D eigenvalue weighted by molar-refractivity contribution is 0.629. The van der Waals surface area contributed by atoms with Crippen LogP contribution in [0.5, 0.6) is 0 Å². The fourth-order valence-electron chi connectivity index (χ4n) is 2.25. The molecule has 0 amide bonds. The van der Waals surface area contributed by atoms with Crippen molar-refractivity contribution < 1.29 is 4.39 Å². The molecular formula is C17H14FN. The van der Waals surface area contributed by atoms with E-state index in [0.29, 0.717) is 5.56 Å². The molecule has 0 aliphatic heterocycles. The van der Waals surface area contributed by atoms with Gasteiger partial charge < -0.3 is 0 Å². The van der Waals surface area contributed by atoms with Gasteiger partial charge in [0.2, 0.25) is 0 Å². The molecule has 0 aliphatic carbocycles. The molecule has 1 heterocycles. The average molecular weight is 251 g/mol. The van der Waals surface area contributed by atoms with Gasteiger partial charge in [0.05, 0.1) is 5.52 Å². The SMILES string of the molecule is CCc1ccc(-c2ccc3cccnc3c2)c(F)c1. The van der Waals surface area contributed by atoms with E-state index in [2.05, 4.69) is 4.98 Å². The predicted molar refractivity (Wildman–Crippen MR) is 76.5 cm³/mol. The third kappa shape index (κ3) is 2.22. The van der Waals surface area contributed by atoms with E-state index < -0.39 is 0 Å². The summed E-state index contributed by atoms with van der Waals surface area (Å²) in [6, 6.07) is 15.2. The van der Waals surface area contributed by atoms with Gasteiger partial charge in [-0.05, 0) is 35.7 Å². The zero-order valence-electron chi connectivity index (χ0n) is 10.7. The van der Waals surface area contributed by atoms with E-state index in [4.69, 9.17) is 0 Å². The molecule has 0 saturated carbocycles. The van der Waals surface area contributed by atoms with Gasteiger partial charge >= 0.3 is 0 Å². The highest BCUT2D eigenvalue weighted by molar-refractivity contribution is 5.84. The van der Waals surface area contributed by atoms with Gasteiger partial charge in [-0.15, -0.1) is 0 Å². The second-order valence-electron chi connectivity index (χ2n) is 4.58. The van der Waals surface area contributed by atoms with Crippen molar-refractivity contribution in [3.8, 4) is 11.1 Å². The number of hydrogen-bond acceptors (Lipinski definition) is 1. The second kappa shape index (κ2) is 4.81. The quantitative estimate of drug-likeness (QED) is 0.648. The molecule has 19 heavy (non-hydrogen) atoms. The molecule has 0 N–H and O–H groups in total. The Morgan fingerprint density at radius 2 is 1.95 bits per heavy atom. The fourth-order valence-corrected chi connectivity index (χ4v) is 2.25. The van der Waals surface area contributed by atoms with E-state index in [9.17, 15) is 4.39 Å². The Morgan fingerprint density at radius 3 is 2.74 bits per heavy atom. The van der Waals surface area contributed by atoms with Crippen molar-refractivity contribution in [2.24, 2.45) is 0 Å². The summed E-state index contributed by atoms with van der Waals surface area (Å²) >= 11 is 0. The Balaban J connectivity index is 2.13. The molecule has 3 rings (SSSR count). The first kappa shape index (κ1) is 11.8. The van der Waals surface area contributed by atoms with E-state index in [1.54, 1.807) is 12.3 Å². The molecule has 2 heteroatoms. The molecule has 1 aromatic heterocycles. The monoisotopic (exact) mass is 251 g/mol. The first-order chi connectivity index (χ1) is 9.28. The highest BCUT2D eigenvalue weighted by atomic mass is 19.1. The number of benzene rings is 2. The van der Waals surface area contributed by atoms with Gasteiger partial charge in [0.1, 0.15) is 5.82 Å². The van der Waals surface area contributed by atoms with Crippen LogP contribution in [0.1, 0.15) is 12.5 Å². The molecule has 2 aromatic carbocycles. The van der Waals surface area contributed by atoms with Crippen LogP contribution in [0.15, 0.2) is 54.7 Å². The van der Waals surface area contributed by atoms with Gasteiger partial charge in [-0.2, -0.15) is 0 Å². The molecule has 0 spiro atoms. The van der Waals surface area contributed by atoms with Crippen molar-refractivity contribution in [3.05, 3.63) is 66.1 Å². The largest absolute Gasteiger partial charge is 0.256 e. The van der Waals surface area contributed by atoms with Crippen molar-refractivity contribution in [2.75, 3.05) is 0 Å². The van der Waals surface area contributed by atoms with Gasteiger partial charge in [-0.3, -0.25) is 4.98 Å². The number of aromatic nitrogens is 1. The molecule has 1 nitrogen and oxygen atoms in total. The molecular weight excluding hydrogens is 237 g/mol. The van der Waals surface area contributed by atoms with Gasteiger partial charge in [0.15, 0.2) is 0 Å². The standard InChI is InChI=1S/C17H14FN/c1-2-12-5-8-15(16(18)10-12)14-7-6-13-4-3-9-19-17(13)11-14/h3-11H,2H2,1H3. The van der Waals surface area contributed by atoms with Crippen LogP contribution < -0.4 is 0 Å². The van der Waals surface area contributed by atoms with E-state index >= 15 is 0 Å². The lowest BCUT2D eigenvalue weighted by Gasteiger charge is -2.06. The Labute approximate surface area is 111 Å². The van der Waals surface area contributed by atoms with Crippen molar-refractivity contribution in [3.63, 3.8) is 0 Å². The summed E-state index contributed by atoms with van der Waals surface area (Å²) in [5.41, 5.74) is 3.40. The number of nitrogens with zero attached hydrogens (tertiary/aromatic N) is 1. The van der Waals surface area contributed by atoms with Crippen LogP contribution in [0.25, 0.3) is 22.0 Å². The lowest BCUT2D eigenvalue weighted by Crippen LogP contribution is -1.88. The first-order valence-corrected chi connectivity index (χ1v) is 6.41. The highest BCUT2D eigenvalue weighted by Gasteiger charge is 2.06. The first-order valence-electron chi connectivity index (χ1n) is 6.41. The van der Waals surface area contributed by atoms with Crippen LogP contribution in [0.3, 0.4) is 0 Å².